The zero-order chi connectivity index (χ0) is 8.97. The number of nitrogens with one attached hydrogen (secondary N) is 1. The summed E-state index contributed by atoms with van der Waals surface area (Å²) in [6.07, 6.45) is 3.97. The first-order valence-electron chi connectivity index (χ1n) is 4.01. The third-order valence-electron chi connectivity index (χ3n) is 2.02. The summed E-state index contributed by atoms with van der Waals surface area (Å²) in [6, 6.07) is 0.0428. The molecule has 1 fully saturated rings. The first kappa shape index (κ1) is 9.25. The van der Waals surface area contributed by atoms with Crippen LogP contribution in [0, 0.1) is 0 Å². The third-order valence-corrected chi connectivity index (χ3v) is 2.14. The van der Waals surface area contributed by atoms with Gasteiger partial charge in [-0.25, -0.2) is 0 Å². The average Bonchev–Trinajstić information content (AvgIpc) is 2.04. The van der Waals surface area contributed by atoms with E-state index in [1.807, 2.05) is 0 Å². The molecule has 0 radical (unpaired) electrons. The van der Waals surface area contributed by atoms with E-state index in [0.29, 0.717) is 0 Å². The van der Waals surface area contributed by atoms with Crippen LogP contribution < -0.4 is 11.1 Å². The monoisotopic (exact) mass is 187 g/mol. The summed E-state index contributed by atoms with van der Waals surface area (Å²) in [6.45, 7) is 0. The fourth-order valence-electron chi connectivity index (χ4n) is 1.44. The van der Waals surface area contributed by atoms with E-state index in [-0.39, 0.29) is 11.2 Å². The molecule has 0 aromatic rings. The molecule has 4 N–H and O–H groups in total. The normalized spacial score (nSPS) is 27.0. The van der Waals surface area contributed by atoms with E-state index in [1.54, 1.807) is 0 Å². The molecule has 0 aromatic heterocycles. The fraction of sp³-hybridized carbons (Fsp3) is 0.714. The van der Waals surface area contributed by atoms with Gasteiger partial charge in [0.2, 0.25) is 0 Å². The maximum Gasteiger partial charge on any atom is 0.164 e. The van der Waals surface area contributed by atoms with Crippen LogP contribution >= 0.6 is 12.2 Å². The van der Waals surface area contributed by atoms with Gasteiger partial charge in [-0.1, -0.05) is 11.6 Å². The molecule has 1 atom stereocenters. The Hall–Kier alpha value is -0.840. The van der Waals surface area contributed by atoms with Crippen LogP contribution in [0.4, 0.5) is 0 Å². The summed E-state index contributed by atoms with van der Waals surface area (Å²) in [5.41, 5.74) is 6.08. The molecular formula is C7H13N3OS. The highest BCUT2D eigenvalue weighted by atomic mass is 32.1. The van der Waals surface area contributed by atoms with Crippen LogP contribution in [-0.2, 0) is 0 Å². The van der Waals surface area contributed by atoms with Gasteiger partial charge in [0.15, 0.2) is 5.11 Å². The number of nitrogens with two attached hydrogens (primary N) is 1. The summed E-state index contributed by atoms with van der Waals surface area (Å²) in [5, 5.41) is 15.0. The van der Waals surface area contributed by atoms with Gasteiger partial charge in [0.25, 0.3) is 0 Å². The van der Waals surface area contributed by atoms with Gasteiger partial charge in [0.05, 0.1) is 11.8 Å². The highest BCUT2D eigenvalue weighted by Crippen LogP contribution is 2.15. The van der Waals surface area contributed by atoms with Crippen LogP contribution in [0.3, 0.4) is 0 Å². The molecule has 1 unspecified atom stereocenters. The number of nitrogens with zero attached hydrogens (tertiary/aromatic N) is 1. The summed E-state index contributed by atoms with van der Waals surface area (Å²) in [5.74, 6) is 0. The van der Waals surface area contributed by atoms with Crippen molar-refractivity contribution in [3.05, 3.63) is 0 Å². The van der Waals surface area contributed by atoms with Gasteiger partial charge in [0.1, 0.15) is 0 Å². The third kappa shape index (κ3) is 2.34. The van der Waals surface area contributed by atoms with Crippen LogP contribution in [-0.4, -0.2) is 22.1 Å². The Morgan fingerprint density at radius 1 is 1.67 bits per heavy atom. The quantitative estimate of drug-likeness (QED) is 0.319. The lowest BCUT2D eigenvalue weighted by molar-refractivity contribution is 0.311. The Bertz CT molecular complexity index is 205. The second-order valence-electron chi connectivity index (χ2n) is 2.90. The molecule has 0 spiro atoms. The summed E-state index contributed by atoms with van der Waals surface area (Å²) in [7, 11) is 0. The highest BCUT2D eigenvalue weighted by Gasteiger charge is 2.20. The molecule has 1 rings (SSSR count). The molecule has 12 heavy (non-hydrogen) atoms. The molecule has 0 heterocycles. The molecule has 1 saturated carbocycles. The van der Waals surface area contributed by atoms with Crippen LogP contribution in [0.15, 0.2) is 5.16 Å². The van der Waals surface area contributed by atoms with Crippen molar-refractivity contribution in [2.45, 2.75) is 31.7 Å². The van der Waals surface area contributed by atoms with Crippen molar-refractivity contribution >= 4 is 23.0 Å². The second kappa shape index (κ2) is 4.25. The Kier molecular flexibility index (Phi) is 3.28. The van der Waals surface area contributed by atoms with Crippen molar-refractivity contribution in [2.24, 2.45) is 10.9 Å². The maximum atomic E-state index is 8.64. The Labute approximate surface area is 76.8 Å². The zero-order valence-corrected chi connectivity index (χ0v) is 7.60. The molecule has 0 bridgehead atoms. The number of thiocarbonyl (C=S) groups is 1. The predicted octanol–water partition coefficient (Wildman–Crippen LogP) is 0.592. The topological polar surface area (TPSA) is 70.6 Å². The van der Waals surface area contributed by atoms with Gasteiger partial charge in [0, 0.05) is 0 Å². The van der Waals surface area contributed by atoms with Crippen molar-refractivity contribution in [1.29, 1.82) is 0 Å². The predicted molar refractivity (Wildman–Crippen MR) is 51.4 cm³/mol. The summed E-state index contributed by atoms with van der Waals surface area (Å²) in [4.78, 5) is 0. The van der Waals surface area contributed by atoms with Gasteiger partial charge in [-0.3, -0.25) is 0 Å². The lowest BCUT2D eigenvalue weighted by Gasteiger charge is -2.23. The van der Waals surface area contributed by atoms with Crippen LogP contribution in [0.1, 0.15) is 25.7 Å². The fourth-order valence-corrected chi connectivity index (χ4v) is 1.58. The van der Waals surface area contributed by atoms with E-state index in [2.05, 4.69) is 10.5 Å². The molecule has 4 nitrogen and oxygen atoms in total. The molecule has 0 amide bonds. The highest BCUT2D eigenvalue weighted by molar-refractivity contribution is 7.80. The average molecular weight is 187 g/mol. The van der Waals surface area contributed by atoms with E-state index < -0.39 is 0 Å². The first-order chi connectivity index (χ1) is 5.74. The van der Waals surface area contributed by atoms with Gasteiger partial charge >= 0.3 is 0 Å². The van der Waals surface area contributed by atoms with Crippen molar-refractivity contribution in [1.82, 2.24) is 5.32 Å². The maximum absolute atomic E-state index is 8.64. The second-order valence-corrected chi connectivity index (χ2v) is 3.34. The SMILES string of the molecule is NC(=S)NC1CCCCC1=NO. The molecule has 5 heteroatoms. The van der Waals surface area contributed by atoms with E-state index >= 15 is 0 Å². The number of rotatable bonds is 1. The van der Waals surface area contributed by atoms with Gasteiger partial charge < -0.3 is 16.3 Å². The van der Waals surface area contributed by atoms with Crippen LogP contribution in [0.5, 0.6) is 0 Å². The summed E-state index contributed by atoms with van der Waals surface area (Å²) >= 11 is 4.71. The molecule has 0 saturated heterocycles. The molecule has 1 aliphatic carbocycles. The number of hydrogen-bond acceptors (Lipinski definition) is 3. The zero-order valence-electron chi connectivity index (χ0n) is 6.79. The minimum Gasteiger partial charge on any atom is -0.411 e. The van der Waals surface area contributed by atoms with Gasteiger partial charge in [-0.05, 0) is 31.5 Å². The molecule has 68 valence electrons. The van der Waals surface area contributed by atoms with E-state index in [0.717, 1.165) is 31.4 Å². The minimum atomic E-state index is 0.0428. The van der Waals surface area contributed by atoms with E-state index in [4.69, 9.17) is 23.2 Å². The van der Waals surface area contributed by atoms with Crippen molar-refractivity contribution in [2.75, 3.05) is 0 Å². The van der Waals surface area contributed by atoms with Crippen molar-refractivity contribution in [3.63, 3.8) is 0 Å². The molecule has 1 aliphatic rings. The smallest absolute Gasteiger partial charge is 0.164 e. The number of hydrogen-bond donors (Lipinski definition) is 3. The van der Waals surface area contributed by atoms with E-state index in [1.165, 1.54) is 0 Å². The van der Waals surface area contributed by atoms with Crippen molar-refractivity contribution < 1.29 is 5.21 Å². The van der Waals surface area contributed by atoms with E-state index in [9.17, 15) is 0 Å². The lowest BCUT2D eigenvalue weighted by Crippen LogP contribution is -2.44. The minimum absolute atomic E-state index is 0.0428. The summed E-state index contributed by atoms with van der Waals surface area (Å²) < 4.78 is 0. The Morgan fingerprint density at radius 3 is 3.00 bits per heavy atom. The van der Waals surface area contributed by atoms with Crippen LogP contribution in [0.2, 0.25) is 0 Å². The standard InChI is InChI=1S/C7H13N3OS/c8-7(12)9-5-3-1-2-4-6(5)10-11/h5,11H,1-4H2,(H3,8,9,12). The number of oxime groups is 1. The van der Waals surface area contributed by atoms with Crippen molar-refractivity contribution in [3.8, 4) is 0 Å². The van der Waals surface area contributed by atoms with Gasteiger partial charge in [-0.2, -0.15) is 0 Å². The molecule has 0 aliphatic heterocycles. The lowest BCUT2D eigenvalue weighted by atomic mass is 9.93. The first-order valence-corrected chi connectivity index (χ1v) is 4.41. The molecule has 0 aromatic carbocycles. The Morgan fingerprint density at radius 2 is 2.42 bits per heavy atom. The van der Waals surface area contributed by atoms with Gasteiger partial charge in [-0.15, -0.1) is 0 Å². The van der Waals surface area contributed by atoms with Crippen LogP contribution in [0.25, 0.3) is 0 Å². The Balaban J connectivity index is 2.53. The largest absolute Gasteiger partial charge is 0.411 e. The molecular weight excluding hydrogens is 174 g/mol.